The molecule has 2 fully saturated rings. The van der Waals surface area contributed by atoms with Crippen molar-refractivity contribution >= 4 is 0 Å². The Labute approximate surface area is 74.7 Å². The van der Waals surface area contributed by atoms with Gasteiger partial charge in [-0.3, -0.25) is 0 Å². The van der Waals surface area contributed by atoms with E-state index in [4.69, 9.17) is 10.1 Å². The van der Waals surface area contributed by atoms with Crippen LogP contribution in [0.25, 0.3) is 5.32 Å². The lowest BCUT2D eigenvalue weighted by Gasteiger charge is -2.63. The van der Waals surface area contributed by atoms with Crippen LogP contribution in [0, 0.1) is 0 Å². The first kappa shape index (κ1) is 8.52. The maximum Gasteiger partial charge on any atom is 0.0436 e. The van der Waals surface area contributed by atoms with Crippen LogP contribution in [0.3, 0.4) is 0 Å². The predicted molar refractivity (Wildman–Crippen MR) is 49.4 cm³/mol. The quantitative estimate of drug-likeness (QED) is 0.590. The first-order chi connectivity index (χ1) is 5.77. The fraction of sp³-hybridized carbons (Fsp3) is 1.00. The van der Waals surface area contributed by atoms with Gasteiger partial charge >= 0.3 is 0 Å². The van der Waals surface area contributed by atoms with Crippen LogP contribution in [-0.4, -0.2) is 24.3 Å². The average Bonchev–Trinajstić information content (AvgIpc) is 2.15. The van der Waals surface area contributed by atoms with Crippen molar-refractivity contribution < 1.29 is 4.74 Å². The molecular weight excluding hydrogens is 150 g/mol. The molecule has 2 aliphatic rings. The van der Waals surface area contributed by atoms with Crippen LogP contribution in [-0.2, 0) is 4.74 Å². The van der Waals surface area contributed by atoms with Gasteiger partial charge in [-0.2, -0.15) is 0 Å². The SMILES string of the molecule is CCC1CCCC2(CO[C@H]2C)[N-]1. The number of ether oxygens (including phenoxy) is 1. The van der Waals surface area contributed by atoms with E-state index >= 15 is 0 Å². The molecule has 1 spiro atoms. The molecule has 2 aliphatic heterocycles. The first-order valence-electron chi connectivity index (χ1n) is 5.10. The fourth-order valence-electron chi connectivity index (χ4n) is 2.29. The minimum Gasteiger partial charge on any atom is -0.650 e. The number of piperidine rings is 1. The van der Waals surface area contributed by atoms with Crippen molar-refractivity contribution in [2.45, 2.75) is 57.2 Å². The summed E-state index contributed by atoms with van der Waals surface area (Å²) < 4.78 is 5.42. The van der Waals surface area contributed by atoms with Gasteiger partial charge in [0, 0.05) is 12.7 Å². The van der Waals surface area contributed by atoms with E-state index in [1.807, 2.05) is 0 Å². The zero-order valence-electron chi connectivity index (χ0n) is 8.05. The summed E-state index contributed by atoms with van der Waals surface area (Å²) in [5.41, 5.74) is 0.235. The lowest BCUT2D eigenvalue weighted by Crippen LogP contribution is -2.58. The largest absolute Gasteiger partial charge is 0.650 e. The van der Waals surface area contributed by atoms with Crippen molar-refractivity contribution in [3.63, 3.8) is 0 Å². The first-order valence-corrected chi connectivity index (χ1v) is 5.10. The molecule has 0 aromatic heterocycles. The molecule has 0 aliphatic carbocycles. The van der Waals surface area contributed by atoms with Crippen molar-refractivity contribution in [3.05, 3.63) is 5.32 Å². The maximum absolute atomic E-state index is 5.42. The second kappa shape index (κ2) is 3.00. The highest BCUT2D eigenvalue weighted by Gasteiger charge is 2.38. The van der Waals surface area contributed by atoms with Gasteiger partial charge in [0.15, 0.2) is 0 Å². The van der Waals surface area contributed by atoms with Crippen LogP contribution >= 0.6 is 0 Å². The molecule has 2 nitrogen and oxygen atoms in total. The van der Waals surface area contributed by atoms with E-state index < -0.39 is 0 Å². The van der Waals surface area contributed by atoms with Crippen molar-refractivity contribution in [3.8, 4) is 0 Å². The van der Waals surface area contributed by atoms with E-state index in [9.17, 15) is 0 Å². The molecule has 0 N–H and O–H groups in total. The van der Waals surface area contributed by atoms with E-state index in [1.165, 1.54) is 25.7 Å². The van der Waals surface area contributed by atoms with Crippen LogP contribution in [0.2, 0.25) is 0 Å². The standard InChI is InChI=1S/C10H18NO/c1-3-9-5-4-6-10(11-9)7-12-8(10)2/h8-9H,3-7H2,1-2H3/q-1/t8-,9?,10?/m0/s1. The van der Waals surface area contributed by atoms with Gasteiger partial charge in [-0.25, -0.2) is 0 Å². The Morgan fingerprint density at radius 2 is 2.42 bits per heavy atom. The topological polar surface area (TPSA) is 23.3 Å². The minimum atomic E-state index is 0.235. The Bertz CT molecular complexity index is 171. The Morgan fingerprint density at radius 1 is 1.58 bits per heavy atom. The number of rotatable bonds is 1. The minimum absolute atomic E-state index is 0.235. The summed E-state index contributed by atoms with van der Waals surface area (Å²) in [4.78, 5) is 0. The second-order valence-electron chi connectivity index (χ2n) is 4.14. The highest BCUT2D eigenvalue weighted by atomic mass is 16.5. The van der Waals surface area contributed by atoms with Gasteiger partial charge in [-0.15, -0.1) is 6.04 Å². The number of hydrogen-bond donors (Lipinski definition) is 0. The zero-order valence-corrected chi connectivity index (χ0v) is 8.05. The van der Waals surface area contributed by atoms with E-state index in [2.05, 4.69) is 13.8 Å². The number of hydrogen-bond acceptors (Lipinski definition) is 1. The summed E-state index contributed by atoms with van der Waals surface area (Å²) in [6.45, 7) is 5.27. The van der Waals surface area contributed by atoms with Crippen LogP contribution < -0.4 is 0 Å². The van der Waals surface area contributed by atoms with Crippen molar-refractivity contribution in [2.75, 3.05) is 6.61 Å². The molecule has 70 valence electrons. The summed E-state index contributed by atoms with van der Waals surface area (Å²) in [5, 5.41) is 4.89. The summed E-state index contributed by atoms with van der Waals surface area (Å²) in [7, 11) is 0. The molecule has 2 heterocycles. The normalized spacial score (nSPS) is 47.5. The van der Waals surface area contributed by atoms with E-state index in [0.29, 0.717) is 12.1 Å². The lowest BCUT2D eigenvalue weighted by molar-refractivity contribution is -0.116. The molecule has 0 aromatic carbocycles. The molecule has 3 atom stereocenters. The summed E-state index contributed by atoms with van der Waals surface area (Å²) >= 11 is 0. The Morgan fingerprint density at radius 3 is 2.92 bits per heavy atom. The molecule has 0 saturated carbocycles. The molecular formula is C10H18NO-. The van der Waals surface area contributed by atoms with Gasteiger partial charge in [0.2, 0.25) is 0 Å². The van der Waals surface area contributed by atoms with Crippen LogP contribution in [0.1, 0.15) is 39.5 Å². The molecule has 2 saturated heterocycles. The Hall–Kier alpha value is -0.0800. The molecule has 0 amide bonds. The monoisotopic (exact) mass is 168 g/mol. The molecule has 0 bridgehead atoms. The summed E-state index contributed by atoms with van der Waals surface area (Å²) in [5.74, 6) is 0. The Balaban J connectivity index is 1.98. The molecule has 12 heavy (non-hydrogen) atoms. The van der Waals surface area contributed by atoms with Crippen molar-refractivity contribution in [1.82, 2.24) is 0 Å². The van der Waals surface area contributed by atoms with Crippen LogP contribution in [0.4, 0.5) is 0 Å². The van der Waals surface area contributed by atoms with E-state index in [1.54, 1.807) is 0 Å². The number of nitrogens with zero attached hydrogens (tertiary/aromatic N) is 1. The van der Waals surface area contributed by atoms with Gasteiger partial charge in [0.1, 0.15) is 0 Å². The van der Waals surface area contributed by atoms with Gasteiger partial charge in [0.05, 0.1) is 0 Å². The molecule has 2 heteroatoms. The van der Waals surface area contributed by atoms with E-state index in [0.717, 1.165) is 6.61 Å². The smallest absolute Gasteiger partial charge is 0.0436 e. The van der Waals surface area contributed by atoms with Gasteiger partial charge in [-0.1, -0.05) is 38.1 Å². The average molecular weight is 168 g/mol. The van der Waals surface area contributed by atoms with Gasteiger partial charge < -0.3 is 10.1 Å². The van der Waals surface area contributed by atoms with Crippen molar-refractivity contribution in [1.29, 1.82) is 0 Å². The second-order valence-corrected chi connectivity index (χ2v) is 4.14. The van der Waals surface area contributed by atoms with Gasteiger partial charge in [0.25, 0.3) is 0 Å². The Kier molecular flexibility index (Phi) is 2.13. The highest BCUT2D eigenvalue weighted by Crippen LogP contribution is 2.44. The summed E-state index contributed by atoms with van der Waals surface area (Å²) in [6.07, 6.45) is 5.48. The van der Waals surface area contributed by atoms with Crippen LogP contribution in [0.5, 0.6) is 0 Å². The van der Waals surface area contributed by atoms with E-state index in [-0.39, 0.29) is 5.54 Å². The third-order valence-electron chi connectivity index (χ3n) is 3.40. The van der Waals surface area contributed by atoms with Crippen molar-refractivity contribution in [2.24, 2.45) is 0 Å². The third-order valence-corrected chi connectivity index (χ3v) is 3.40. The zero-order chi connectivity index (χ0) is 8.60. The maximum atomic E-state index is 5.42. The third kappa shape index (κ3) is 1.17. The molecule has 2 unspecified atom stereocenters. The molecule has 2 rings (SSSR count). The fourth-order valence-corrected chi connectivity index (χ4v) is 2.29. The van der Waals surface area contributed by atoms with Gasteiger partial charge in [-0.05, 0) is 6.92 Å². The summed E-state index contributed by atoms with van der Waals surface area (Å²) in [6, 6.07) is 0.616. The van der Waals surface area contributed by atoms with Crippen LogP contribution in [0.15, 0.2) is 0 Å². The molecule has 0 radical (unpaired) electrons. The molecule has 0 aromatic rings. The lowest BCUT2D eigenvalue weighted by atomic mass is 9.79. The predicted octanol–water partition coefficient (Wildman–Crippen LogP) is 2.48. The highest BCUT2D eigenvalue weighted by molar-refractivity contribution is 5.21.